The standard InChI is InChI=1S/C13H21NO/c1-2-11-8-13(12(11)3-1)14-6-4-10-5-7-15-9-10/h1,3,10-14H,2,4-9H2. The molecule has 0 spiro atoms. The van der Waals surface area contributed by atoms with Crippen molar-refractivity contribution in [3.8, 4) is 0 Å². The SMILES string of the molecule is C1=CC2C(C1)CC2NCCC1CCOC1. The van der Waals surface area contributed by atoms with Crippen molar-refractivity contribution in [3.05, 3.63) is 12.2 Å². The summed E-state index contributed by atoms with van der Waals surface area (Å²) in [6.07, 6.45) is 10.1. The van der Waals surface area contributed by atoms with Gasteiger partial charge in [-0.15, -0.1) is 0 Å². The lowest BCUT2D eigenvalue weighted by atomic mass is 9.71. The first-order chi connectivity index (χ1) is 7.43. The third-order valence-electron chi connectivity index (χ3n) is 4.35. The van der Waals surface area contributed by atoms with E-state index in [4.69, 9.17) is 4.74 Å². The number of ether oxygens (including phenoxy) is 1. The summed E-state index contributed by atoms with van der Waals surface area (Å²) in [6, 6.07) is 0.788. The molecule has 0 aromatic rings. The van der Waals surface area contributed by atoms with Gasteiger partial charge in [0.05, 0.1) is 0 Å². The lowest BCUT2D eigenvalue weighted by Gasteiger charge is -2.41. The van der Waals surface area contributed by atoms with Crippen LogP contribution in [0.15, 0.2) is 12.2 Å². The smallest absolute Gasteiger partial charge is 0.0495 e. The molecule has 1 saturated heterocycles. The highest BCUT2D eigenvalue weighted by atomic mass is 16.5. The van der Waals surface area contributed by atoms with E-state index in [2.05, 4.69) is 17.5 Å². The maximum absolute atomic E-state index is 5.39. The van der Waals surface area contributed by atoms with Crippen LogP contribution in [0.3, 0.4) is 0 Å². The van der Waals surface area contributed by atoms with Gasteiger partial charge in [0.1, 0.15) is 0 Å². The van der Waals surface area contributed by atoms with Gasteiger partial charge in [-0.1, -0.05) is 12.2 Å². The second kappa shape index (κ2) is 4.26. The fourth-order valence-electron chi connectivity index (χ4n) is 3.23. The van der Waals surface area contributed by atoms with Crippen LogP contribution in [0.2, 0.25) is 0 Å². The Bertz CT molecular complexity index is 245. The third-order valence-corrected chi connectivity index (χ3v) is 4.35. The molecule has 2 nitrogen and oxygen atoms in total. The van der Waals surface area contributed by atoms with Crippen molar-refractivity contribution in [1.82, 2.24) is 5.32 Å². The summed E-state index contributed by atoms with van der Waals surface area (Å²) in [4.78, 5) is 0. The van der Waals surface area contributed by atoms with Crippen LogP contribution in [0.5, 0.6) is 0 Å². The molecule has 0 bridgehead atoms. The Morgan fingerprint density at radius 1 is 1.40 bits per heavy atom. The Balaban J connectivity index is 1.34. The maximum Gasteiger partial charge on any atom is 0.0495 e. The molecule has 84 valence electrons. The zero-order chi connectivity index (χ0) is 10.1. The molecule has 4 unspecified atom stereocenters. The first-order valence-corrected chi connectivity index (χ1v) is 6.41. The molecular weight excluding hydrogens is 186 g/mol. The molecule has 2 heteroatoms. The normalized spacial score (nSPS) is 42.9. The van der Waals surface area contributed by atoms with Gasteiger partial charge < -0.3 is 10.1 Å². The Labute approximate surface area is 92.1 Å². The summed E-state index contributed by atoms with van der Waals surface area (Å²) in [5.41, 5.74) is 0. The number of hydrogen-bond donors (Lipinski definition) is 1. The fraction of sp³-hybridized carbons (Fsp3) is 0.846. The molecule has 0 radical (unpaired) electrons. The molecule has 3 aliphatic rings. The van der Waals surface area contributed by atoms with Gasteiger partial charge >= 0.3 is 0 Å². The van der Waals surface area contributed by atoms with Gasteiger partial charge in [-0.05, 0) is 50.0 Å². The lowest BCUT2D eigenvalue weighted by molar-refractivity contribution is 0.158. The highest BCUT2D eigenvalue weighted by Crippen LogP contribution is 2.42. The van der Waals surface area contributed by atoms with Crippen LogP contribution in [0.4, 0.5) is 0 Å². The Hall–Kier alpha value is -0.340. The number of rotatable bonds is 4. The number of hydrogen-bond acceptors (Lipinski definition) is 2. The van der Waals surface area contributed by atoms with Crippen LogP contribution in [0, 0.1) is 17.8 Å². The van der Waals surface area contributed by atoms with E-state index in [1.54, 1.807) is 0 Å². The van der Waals surface area contributed by atoms with Gasteiger partial charge in [-0.25, -0.2) is 0 Å². The monoisotopic (exact) mass is 207 g/mol. The Kier molecular flexibility index (Phi) is 2.80. The van der Waals surface area contributed by atoms with Crippen molar-refractivity contribution in [2.24, 2.45) is 17.8 Å². The minimum absolute atomic E-state index is 0.788. The van der Waals surface area contributed by atoms with Crippen LogP contribution >= 0.6 is 0 Å². The van der Waals surface area contributed by atoms with Crippen molar-refractivity contribution >= 4 is 0 Å². The van der Waals surface area contributed by atoms with Crippen LogP contribution in [-0.2, 0) is 4.74 Å². The Morgan fingerprint density at radius 2 is 2.40 bits per heavy atom. The van der Waals surface area contributed by atoms with Gasteiger partial charge in [-0.2, -0.15) is 0 Å². The van der Waals surface area contributed by atoms with Crippen molar-refractivity contribution < 1.29 is 4.74 Å². The molecule has 3 rings (SSSR count). The number of fused-ring (bicyclic) bond motifs is 1. The average molecular weight is 207 g/mol. The minimum Gasteiger partial charge on any atom is -0.381 e. The highest BCUT2D eigenvalue weighted by molar-refractivity contribution is 5.12. The summed E-state index contributed by atoms with van der Waals surface area (Å²) < 4.78 is 5.39. The van der Waals surface area contributed by atoms with Gasteiger partial charge in [0.15, 0.2) is 0 Å². The van der Waals surface area contributed by atoms with Gasteiger partial charge in [0, 0.05) is 19.3 Å². The first kappa shape index (κ1) is 9.86. The molecule has 0 aromatic heterocycles. The predicted molar refractivity (Wildman–Crippen MR) is 60.7 cm³/mol. The zero-order valence-electron chi connectivity index (χ0n) is 9.32. The average Bonchev–Trinajstić information content (AvgIpc) is 2.82. The second-order valence-electron chi connectivity index (χ2n) is 5.32. The molecule has 0 amide bonds. The molecular formula is C13H21NO. The molecule has 1 N–H and O–H groups in total. The quantitative estimate of drug-likeness (QED) is 0.712. The van der Waals surface area contributed by atoms with Crippen molar-refractivity contribution in [2.75, 3.05) is 19.8 Å². The molecule has 4 atom stereocenters. The molecule has 2 fully saturated rings. The van der Waals surface area contributed by atoms with E-state index in [-0.39, 0.29) is 0 Å². The minimum atomic E-state index is 0.788. The summed E-state index contributed by atoms with van der Waals surface area (Å²) in [7, 11) is 0. The molecule has 15 heavy (non-hydrogen) atoms. The topological polar surface area (TPSA) is 21.3 Å². The molecule has 1 heterocycles. The predicted octanol–water partition coefficient (Wildman–Crippen LogP) is 1.97. The summed E-state index contributed by atoms with van der Waals surface area (Å²) in [5, 5.41) is 3.71. The van der Waals surface area contributed by atoms with Crippen molar-refractivity contribution in [3.63, 3.8) is 0 Å². The number of nitrogens with one attached hydrogen (secondary N) is 1. The lowest BCUT2D eigenvalue weighted by Crippen LogP contribution is -2.48. The molecule has 2 aliphatic carbocycles. The number of allylic oxidation sites excluding steroid dienone is 1. The Morgan fingerprint density at radius 3 is 3.20 bits per heavy atom. The van der Waals surface area contributed by atoms with E-state index >= 15 is 0 Å². The third kappa shape index (κ3) is 1.98. The van der Waals surface area contributed by atoms with E-state index in [1.807, 2.05) is 0 Å². The van der Waals surface area contributed by atoms with Crippen LogP contribution in [-0.4, -0.2) is 25.8 Å². The largest absolute Gasteiger partial charge is 0.381 e. The first-order valence-electron chi connectivity index (χ1n) is 6.41. The van der Waals surface area contributed by atoms with Crippen LogP contribution in [0.25, 0.3) is 0 Å². The maximum atomic E-state index is 5.39. The van der Waals surface area contributed by atoms with Crippen molar-refractivity contribution in [1.29, 1.82) is 0 Å². The van der Waals surface area contributed by atoms with Gasteiger partial charge in [-0.3, -0.25) is 0 Å². The van der Waals surface area contributed by atoms with E-state index in [9.17, 15) is 0 Å². The molecule has 0 aromatic carbocycles. The zero-order valence-corrected chi connectivity index (χ0v) is 9.32. The second-order valence-corrected chi connectivity index (χ2v) is 5.32. The van der Waals surface area contributed by atoms with E-state index in [1.165, 1.54) is 32.2 Å². The molecule has 1 saturated carbocycles. The fourth-order valence-corrected chi connectivity index (χ4v) is 3.23. The summed E-state index contributed by atoms with van der Waals surface area (Å²) >= 11 is 0. The van der Waals surface area contributed by atoms with Gasteiger partial charge in [0.2, 0.25) is 0 Å². The summed E-state index contributed by atoms with van der Waals surface area (Å²) in [6.45, 7) is 3.18. The highest BCUT2D eigenvalue weighted by Gasteiger charge is 2.40. The molecule has 1 aliphatic heterocycles. The van der Waals surface area contributed by atoms with E-state index < -0.39 is 0 Å². The summed E-state index contributed by atoms with van der Waals surface area (Å²) in [5.74, 6) is 2.68. The van der Waals surface area contributed by atoms with E-state index in [0.717, 1.165) is 37.0 Å². The van der Waals surface area contributed by atoms with Crippen LogP contribution < -0.4 is 5.32 Å². The van der Waals surface area contributed by atoms with Crippen LogP contribution in [0.1, 0.15) is 25.7 Å². The van der Waals surface area contributed by atoms with Gasteiger partial charge in [0.25, 0.3) is 0 Å². The van der Waals surface area contributed by atoms with Crippen molar-refractivity contribution in [2.45, 2.75) is 31.7 Å². The van der Waals surface area contributed by atoms with E-state index in [0.29, 0.717) is 0 Å².